The van der Waals surface area contributed by atoms with E-state index >= 15 is 0 Å². The Morgan fingerprint density at radius 2 is 2.00 bits per heavy atom. The van der Waals surface area contributed by atoms with Crippen LogP contribution in [0.3, 0.4) is 0 Å². The number of hydrazine groups is 1. The van der Waals surface area contributed by atoms with Crippen LogP contribution < -0.4 is 16.0 Å². The van der Waals surface area contributed by atoms with Gasteiger partial charge in [0.2, 0.25) is 0 Å². The third-order valence-corrected chi connectivity index (χ3v) is 4.88. The smallest absolute Gasteiger partial charge is 0.118 e. The minimum absolute atomic E-state index is 0.297. The van der Waals surface area contributed by atoms with Crippen LogP contribution >= 0.6 is 0 Å². The summed E-state index contributed by atoms with van der Waals surface area (Å²) in [5, 5.41) is 0. The van der Waals surface area contributed by atoms with Gasteiger partial charge in [0.15, 0.2) is 0 Å². The Morgan fingerprint density at radius 3 is 2.50 bits per heavy atom. The highest BCUT2D eigenvalue weighted by molar-refractivity contribution is 5.29. The zero-order valence-electron chi connectivity index (χ0n) is 10.9. The van der Waals surface area contributed by atoms with E-state index < -0.39 is 0 Å². The van der Waals surface area contributed by atoms with E-state index in [0.717, 1.165) is 17.6 Å². The van der Waals surface area contributed by atoms with E-state index in [1.54, 1.807) is 7.11 Å². The molecule has 0 spiro atoms. The molecule has 0 aromatic heterocycles. The van der Waals surface area contributed by atoms with Crippen molar-refractivity contribution in [1.82, 2.24) is 5.43 Å². The first-order valence-corrected chi connectivity index (χ1v) is 6.92. The number of rotatable bonds is 4. The summed E-state index contributed by atoms with van der Waals surface area (Å²) in [7, 11) is 1.70. The monoisotopic (exact) mass is 246 g/mol. The van der Waals surface area contributed by atoms with E-state index in [0.29, 0.717) is 12.0 Å². The lowest BCUT2D eigenvalue weighted by molar-refractivity contribution is 0.252. The molecule has 4 atom stereocenters. The summed E-state index contributed by atoms with van der Waals surface area (Å²) >= 11 is 0. The fraction of sp³-hybridized carbons (Fsp3) is 0.600. The van der Waals surface area contributed by atoms with Crippen molar-refractivity contribution in [2.45, 2.75) is 31.7 Å². The summed E-state index contributed by atoms with van der Waals surface area (Å²) in [4.78, 5) is 0. The molecule has 0 heterocycles. The summed E-state index contributed by atoms with van der Waals surface area (Å²) in [5.41, 5.74) is 4.33. The van der Waals surface area contributed by atoms with Crippen LogP contribution in [0.1, 0.15) is 37.3 Å². The molecule has 2 aliphatic carbocycles. The molecule has 3 nitrogen and oxygen atoms in total. The van der Waals surface area contributed by atoms with Gasteiger partial charge < -0.3 is 4.74 Å². The van der Waals surface area contributed by atoms with Gasteiger partial charge in [0.25, 0.3) is 0 Å². The van der Waals surface area contributed by atoms with Crippen LogP contribution in [0.15, 0.2) is 24.3 Å². The zero-order chi connectivity index (χ0) is 12.5. The molecule has 0 aliphatic heterocycles. The summed E-state index contributed by atoms with van der Waals surface area (Å²) in [6, 6.07) is 8.61. The molecular weight excluding hydrogens is 224 g/mol. The van der Waals surface area contributed by atoms with Gasteiger partial charge in [-0.25, -0.2) is 0 Å². The molecule has 18 heavy (non-hydrogen) atoms. The lowest BCUT2D eigenvalue weighted by atomic mass is 9.81. The Hall–Kier alpha value is -1.06. The van der Waals surface area contributed by atoms with Gasteiger partial charge in [-0.2, -0.15) is 0 Å². The lowest BCUT2D eigenvalue weighted by Gasteiger charge is -2.30. The highest BCUT2D eigenvalue weighted by atomic mass is 16.5. The molecule has 2 aliphatic rings. The number of ether oxygens (including phenoxy) is 1. The van der Waals surface area contributed by atoms with Crippen LogP contribution in [0.2, 0.25) is 0 Å². The van der Waals surface area contributed by atoms with Gasteiger partial charge in [0.05, 0.1) is 7.11 Å². The average molecular weight is 246 g/mol. The van der Waals surface area contributed by atoms with E-state index in [2.05, 4.69) is 17.6 Å². The van der Waals surface area contributed by atoms with E-state index in [4.69, 9.17) is 10.6 Å². The van der Waals surface area contributed by atoms with Gasteiger partial charge in [-0.3, -0.25) is 11.3 Å². The summed E-state index contributed by atoms with van der Waals surface area (Å²) < 4.78 is 5.21. The molecule has 0 saturated heterocycles. The predicted molar refractivity (Wildman–Crippen MR) is 72.0 cm³/mol. The van der Waals surface area contributed by atoms with Crippen molar-refractivity contribution in [2.75, 3.05) is 7.11 Å². The number of benzene rings is 1. The van der Waals surface area contributed by atoms with Crippen LogP contribution in [-0.2, 0) is 0 Å². The first-order chi connectivity index (χ1) is 8.81. The van der Waals surface area contributed by atoms with Gasteiger partial charge in [-0.15, -0.1) is 0 Å². The van der Waals surface area contributed by atoms with Crippen molar-refractivity contribution in [3.8, 4) is 5.75 Å². The van der Waals surface area contributed by atoms with Gasteiger partial charge in [0.1, 0.15) is 5.75 Å². The third kappa shape index (κ3) is 2.02. The van der Waals surface area contributed by atoms with Crippen LogP contribution in [-0.4, -0.2) is 7.11 Å². The second kappa shape index (κ2) is 4.90. The molecule has 98 valence electrons. The van der Waals surface area contributed by atoms with Gasteiger partial charge >= 0.3 is 0 Å². The molecule has 2 fully saturated rings. The largest absolute Gasteiger partial charge is 0.497 e. The fourth-order valence-corrected chi connectivity index (χ4v) is 3.98. The molecule has 3 heteroatoms. The number of hydrogen-bond acceptors (Lipinski definition) is 3. The Kier molecular flexibility index (Phi) is 3.27. The van der Waals surface area contributed by atoms with Crippen molar-refractivity contribution in [3.63, 3.8) is 0 Å². The van der Waals surface area contributed by atoms with Crippen molar-refractivity contribution >= 4 is 0 Å². The van der Waals surface area contributed by atoms with E-state index in [9.17, 15) is 0 Å². The van der Waals surface area contributed by atoms with Crippen molar-refractivity contribution < 1.29 is 4.74 Å². The maximum absolute atomic E-state index is 5.81. The molecule has 1 aromatic rings. The highest BCUT2D eigenvalue weighted by Gasteiger charge is 2.43. The second-order valence-electron chi connectivity index (χ2n) is 5.76. The standard InChI is InChI=1S/C15H22N2O/c1-18-13-6-4-11(5-7-13)15(17-16)14-9-10-2-3-12(14)8-10/h4-7,10,12,14-15,17H,2-3,8-9,16H2,1H3. The zero-order valence-corrected chi connectivity index (χ0v) is 10.9. The van der Waals surface area contributed by atoms with Crippen LogP contribution in [0.4, 0.5) is 0 Å². The van der Waals surface area contributed by atoms with Gasteiger partial charge in [0, 0.05) is 6.04 Å². The summed E-state index contributed by atoms with van der Waals surface area (Å²) in [5.74, 6) is 9.25. The fourth-order valence-electron chi connectivity index (χ4n) is 3.98. The van der Waals surface area contributed by atoms with E-state index in [1.165, 1.54) is 31.2 Å². The maximum atomic E-state index is 5.81. The summed E-state index contributed by atoms with van der Waals surface area (Å²) in [6.07, 6.45) is 5.58. The van der Waals surface area contributed by atoms with E-state index in [1.807, 2.05) is 12.1 Å². The third-order valence-electron chi connectivity index (χ3n) is 4.88. The van der Waals surface area contributed by atoms with E-state index in [-0.39, 0.29) is 0 Å². The maximum Gasteiger partial charge on any atom is 0.118 e. The molecule has 2 saturated carbocycles. The normalized spacial score (nSPS) is 31.6. The topological polar surface area (TPSA) is 47.3 Å². The van der Waals surface area contributed by atoms with Gasteiger partial charge in [-0.05, 0) is 54.7 Å². The molecule has 3 rings (SSSR count). The van der Waals surface area contributed by atoms with Crippen molar-refractivity contribution in [1.29, 1.82) is 0 Å². The molecule has 0 radical (unpaired) electrons. The highest BCUT2D eigenvalue weighted by Crippen LogP contribution is 2.52. The Bertz CT molecular complexity index is 403. The average Bonchev–Trinajstić information content (AvgIpc) is 3.03. The SMILES string of the molecule is COc1ccc(C(NN)C2CC3CCC2C3)cc1. The minimum atomic E-state index is 0.297. The lowest BCUT2D eigenvalue weighted by Crippen LogP contribution is -2.35. The number of hydrogen-bond donors (Lipinski definition) is 2. The molecule has 0 amide bonds. The number of nitrogens with two attached hydrogens (primary N) is 1. The summed E-state index contributed by atoms with van der Waals surface area (Å²) in [6.45, 7) is 0. The Labute approximate surface area is 109 Å². The number of methoxy groups -OCH3 is 1. The van der Waals surface area contributed by atoms with Crippen molar-refractivity contribution in [2.24, 2.45) is 23.6 Å². The quantitative estimate of drug-likeness (QED) is 0.634. The molecule has 4 unspecified atom stereocenters. The molecule has 3 N–H and O–H groups in total. The van der Waals surface area contributed by atoms with Crippen LogP contribution in [0, 0.1) is 17.8 Å². The van der Waals surface area contributed by atoms with Crippen molar-refractivity contribution in [3.05, 3.63) is 29.8 Å². The first kappa shape index (κ1) is 12.0. The first-order valence-electron chi connectivity index (χ1n) is 6.92. The molecular formula is C15H22N2O. The van der Waals surface area contributed by atoms with Gasteiger partial charge in [-0.1, -0.05) is 18.6 Å². The predicted octanol–water partition coefficient (Wildman–Crippen LogP) is 2.64. The Balaban J connectivity index is 1.79. The number of nitrogens with one attached hydrogen (secondary N) is 1. The second-order valence-corrected chi connectivity index (χ2v) is 5.76. The molecule has 1 aromatic carbocycles. The van der Waals surface area contributed by atoms with Crippen LogP contribution in [0.25, 0.3) is 0 Å². The minimum Gasteiger partial charge on any atom is -0.497 e. The number of fused-ring (bicyclic) bond motifs is 2. The molecule has 2 bridgehead atoms. The van der Waals surface area contributed by atoms with Crippen LogP contribution in [0.5, 0.6) is 5.75 Å². The Morgan fingerprint density at radius 1 is 1.22 bits per heavy atom.